The van der Waals surface area contributed by atoms with Crippen molar-refractivity contribution in [2.75, 3.05) is 11.1 Å². The van der Waals surface area contributed by atoms with Gasteiger partial charge in [-0.05, 0) is 49.9 Å². The van der Waals surface area contributed by atoms with E-state index < -0.39 is 0 Å². The van der Waals surface area contributed by atoms with E-state index in [0.29, 0.717) is 46.6 Å². The van der Waals surface area contributed by atoms with Gasteiger partial charge in [0.05, 0.1) is 5.39 Å². The van der Waals surface area contributed by atoms with E-state index in [2.05, 4.69) is 25.4 Å². The fourth-order valence-corrected chi connectivity index (χ4v) is 3.27. The summed E-state index contributed by atoms with van der Waals surface area (Å²) in [5.74, 6) is 0.427. The van der Waals surface area contributed by atoms with Crippen LogP contribution in [0, 0.1) is 13.8 Å². The van der Waals surface area contributed by atoms with E-state index in [-0.39, 0.29) is 17.4 Å². The molecule has 0 spiro atoms. The summed E-state index contributed by atoms with van der Waals surface area (Å²) in [4.78, 5) is 34.2. The number of anilines is 2. The topological polar surface area (TPSA) is 143 Å². The first-order chi connectivity index (χ1) is 13.9. The van der Waals surface area contributed by atoms with Gasteiger partial charge in [-0.1, -0.05) is 17.3 Å². The Labute approximate surface area is 165 Å². The molecule has 0 aliphatic carbocycles. The number of carbonyl (C=O) groups excluding carboxylic acids is 1. The summed E-state index contributed by atoms with van der Waals surface area (Å²) in [5.41, 5.74) is 9.48. The molecule has 0 bridgehead atoms. The number of nitrogens with zero attached hydrogens (tertiary/aromatic N) is 2. The average molecular weight is 392 g/mol. The zero-order valence-electron chi connectivity index (χ0n) is 16.0. The number of aromatic nitrogens is 4. The van der Waals surface area contributed by atoms with Crippen molar-refractivity contribution < 1.29 is 9.32 Å². The monoisotopic (exact) mass is 392 g/mol. The molecule has 0 saturated carbocycles. The number of nitrogens with two attached hydrogens (primary N) is 1. The molecule has 0 saturated heterocycles. The van der Waals surface area contributed by atoms with Crippen LogP contribution < -0.4 is 16.6 Å². The van der Waals surface area contributed by atoms with E-state index in [1.54, 1.807) is 32.2 Å². The van der Waals surface area contributed by atoms with E-state index in [9.17, 15) is 9.59 Å². The Balaban J connectivity index is 1.45. The molecule has 0 atom stereocenters. The standard InChI is InChI=1S/C20H20N6O3/c1-10-16(11(2)29-26-10)23-18(27)13-6-3-12(4-7-13)5-8-14-9-22-17-15(14)19(28)25-20(21)24-17/h3-4,6-7,9H,5,8H2,1-2H3,(H,23,27)(H4,21,22,24,25,28). The number of hydrogen-bond acceptors (Lipinski definition) is 6. The summed E-state index contributed by atoms with van der Waals surface area (Å²) in [7, 11) is 0. The molecule has 0 aliphatic heterocycles. The molecule has 5 N–H and O–H groups in total. The van der Waals surface area contributed by atoms with E-state index in [4.69, 9.17) is 10.3 Å². The highest BCUT2D eigenvalue weighted by molar-refractivity contribution is 6.04. The van der Waals surface area contributed by atoms with Crippen molar-refractivity contribution in [2.45, 2.75) is 26.7 Å². The Morgan fingerprint density at radius 2 is 1.97 bits per heavy atom. The Hall–Kier alpha value is -3.88. The first kappa shape index (κ1) is 18.5. The van der Waals surface area contributed by atoms with Crippen LogP contribution in [0.2, 0.25) is 0 Å². The van der Waals surface area contributed by atoms with Gasteiger partial charge in [-0.25, -0.2) is 0 Å². The molecule has 9 heteroatoms. The number of nitrogen functional groups attached to an aromatic ring is 1. The summed E-state index contributed by atoms with van der Waals surface area (Å²) >= 11 is 0. The van der Waals surface area contributed by atoms with Crippen LogP contribution in [0.15, 0.2) is 39.8 Å². The molecule has 4 aromatic rings. The van der Waals surface area contributed by atoms with Gasteiger partial charge in [0.25, 0.3) is 11.5 Å². The average Bonchev–Trinajstić information content (AvgIpc) is 3.24. The second-order valence-electron chi connectivity index (χ2n) is 6.84. The van der Waals surface area contributed by atoms with E-state index in [0.717, 1.165) is 11.1 Å². The number of aromatic amines is 2. The Bertz CT molecular complexity index is 1230. The van der Waals surface area contributed by atoms with E-state index in [1.807, 2.05) is 12.1 Å². The Kier molecular flexibility index (Phi) is 4.63. The molecular weight excluding hydrogens is 372 g/mol. The van der Waals surface area contributed by atoms with Crippen LogP contribution in [-0.4, -0.2) is 26.0 Å². The molecule has 3 heterocycles. The van der Waals surface area contributed by atoms with Crippen LogP contribution >= 0.6 is 0 Å². The SMILES string of the molecule is Cc1noc(C)c1NC(=O)c1ccc(CCc2c[nH]c3nc(N)[nH]c(=O)c23)cc1. The largest absolute Gasteiger partial charge is 0.369 e. The molecular formula is C20H20N6O3. The fourth-order valence-electron chi connectivity index (χ4n) is 3.27. The highest BCUT2D eigenvalue weighted by Gasteiger charge is 2.14. The maximum Gasteiger partial charge on any atom is 0.262 e. The first-order valence-electron chi connectivity index (χ1n) is 9.11. The van der Waals surface area contributed by atoms with Crippen molar-refractivity contribution in [1.29, 1.82) is 0 Å². The highest BCUT2D eigenvalue weighted by Crippen LogP contribution is 2.20. The van der Waals surface area contributed by atoms with Gasteiger partial charge >= 0.3 is 0 Å². The number of aryl methyl sites for hydroxylation is 4. The zero-order chi connectivity index (χ0) is 20.5. The van der Waals surface area contributed by atoms with Crippen LogP contribution in [0.1, 0.15) is 32.9 Å². The number of benzene rings is 1. The molecule has 4 rings (SSSR count). The summed E-state index contributed by atoms with van der Waals surface area (Å²) in [6, 6.07) is 7.34. The first-order valence-corrected chi connectivity index (χ1v) is 9.11. The van der Waals surface area contributed by atoms with Crippen LogP contribution in [0.25, 0.3) is 11.0 Å². The lowest BCUT2D eigenvalue weighted by molar-refractivity contribution is 0.102. The number of carbonyl (C=O) groups is 1. The van der Waals surface area contributed by atoms with Crippen molar-refractivity contribution in [3.63, 3.8) is 0 Å². The van der Waals surface area contributed by atoms with Crippen molar-refractivity contribution in [3.8, 4) is 0 Å². The van der Waals surface area contributed by atoms with Gasteiger partial charge in [-0.3, -0.25) is 14.6 Å². The molecule has 0 aliphatic rings. The van der Waals surface area contributed by atoms with Gasteiger partial charge in [0.1, 0.15) is 17.0 Å². The van der Waals surface area contributed by atoms with Crippen LogP contribution in [0.5, 0.6) is 0 Å². The molecule has 0 radical (unpaired) electrons. The van der Waals surface area contributed by atoms with Gasteiger partial charge in [0, 0.05) is 11.8 Å². The van der Waals surface area contributed by atoms with Gasteiger partial charge in [0.2, 0.25) is 5.95 Å². The van der Waals surface area contributed by atoms with Gasteiger partial charge in [-0.15, -0.1) is 0 Å². The summed E-state index contributed by atoms with van der Waals surface area (Å²) in [6.07, 6.45) is 3.14. The normalized spacial score (nSPS) is 11.1. The molecule has 1 aromatic carbocycles. The smallest absolute Gasteiger partial charge is 0.262 e. The lowest BCUT2D eigenvalue weighted by Crippen LogP contribution is -2.13. The van der Waals surface area contributed by atoms with Crippen LogP contribution in [-0.2, 0) is 12.8 Å². The summed E-state index contributed by atoms with van der Waals surface area (Å²) < 4.78 is 5.06. The number of nitrogens with one attached hydrogen (secondary N) is 3. The molecule has 3 aromatic heterocycles. The van der Waals surface area contributed by atoms with Crippen molar-refractivity contribution in [2.24, 2.45) is 0 Å². The Morgan fingerprint density at radius 1 is 1.21 bits per heavy atom. The van der Waals surface area contributed by atoms with Crippen LogP contribution in [0.3, 0.4) is 0 Å². The maximum absolute atomic E-state index is 12.4. The highest BCUT2D eigenvalue weighted by atomic mass is 16.5. The van der Waals surface area contributed by atoms with Crippen molar-refractivity contribution in [1.82, 2.24) is 20.1 Å². The Morgan fingerprint density at radius 3 is 2.66 bits per heavy atom. The van der Waals surface area contributed by atoms with Gasteiger partial charge < -0.3 is 20.6 Å². The third-order valence-electron chi connectivity index (χ3n) is 4.81. The van der Waals surface area contributed by atoms with Crippen molar-refractivity contribution in [3.05, 3.63) is 69.0 Å². The third kappa shape index (κ3) is 3.62. The fraction of sp³-hybridized carbons (Fsp3) is 0.200. The molecule has 0 unspecified atom stereocenters. The minimum atomic E-state index is -0.255. The number of hydrogen-bond donors (Lipinski definition) is 4. The quantitative estimate of drug-likeness (QED) is 0.411. The number of fused-ring (bicyclic) bond motifs is 1. The van der Waals surface area contributed by atoms with E-state index in [1.165, 1.54) is 0 Å². The molecule has 0 fully saturated rings. The van der Waals surface area contributed by atoms with E-state index >= 15 is 0 Å². The maximum atomic E-state index is 12.4. The predicted molar refractivity (Wildman–Crippen MR) is 109 cm³/mol. The van der Waals surface area contributed by atoms with Gasteiger partial charge in [-0.2, -0.15) is 4.98 Å². The second kappa shape index (κ2) is 7.27. The molecule has 29 heavy (non-hydrogen) atoms. The molecule has 148 valence electrons. The molecule has 1 amide bonds. The minimum Gasteiger partial charge on any atom is -0.369 e. The molecule has 9 nitrogen and oxygen atoms in total. The minimum absolute atomic E-state index is 0.0846. The van der Waals surface area contributed by atoms with Crippen LogP contribution in [0.4, 0.5) is 11.6 Å². The van der Waals surface area contributed by atoms with Gasteiger partial charge in [0.15, 0.2) is 5.76 Å². The third-order valence-corrected chi connectivity index (χ3v) is 4.81. The zero-order valence-corrected chi connectivity index (χ0v) is 16.0. The lowest BCUT2D eigenvalue weighted by atomic mass is 10.0. The van der Waals surface area contributed by atoms with Crippen molar-refractivity contribution >= 4 is 28.6 Å². The summed E-state index contributed by atoms with van der Waals surface area (Å²) in [5, 5.41) is 7.18. The predicted octanol–water partition coefficient (Wildman–Crippen LogP) is 2.48. The summed E-state index contributed by atoms with van der Waals surface area (Å²) in [6.45, 7) is 3.52. The lowest BCUT2D eigenvalue weighted by Gasteiger charge is -2.06. The number of H-pyrrole nitrogens is 2. The second-order valence-corrected chi connectivity index (χ2v) is 6.84. The number of amides is 1. The number of rotatable bonds is 5.